The number of hydrogen-bond acceptors (Lipinski definition) is 0. The molecule has 9 heteroatoms. The Morgan fingerprint density at radius 3 is 2.00 bits per heavy atom. The third-order valence-corrected chi connectivity index (χ3v) is 5.86. The Bertz CT molecular complexity index is 647. The minimum absolute atomic E-state index is 0.141. The average Bonchev–Trinajstić information content (AvgIpc) is 3.02. The van der Waals surface area contributed by atoms with Crippen molar-refractivity contribution in [3.8, 4) is 0 Å². The highest BCUT2D eigenvalue weighted by Gasteiger charge is 2.49. The number of halogens is 7. The van der Waals surface area contributed by atoms with Crippen LogP contribution in [-0.2, 0) is 5.51 Å². The van der Waals surface area contributed by atoms with Gasteiger partial charge < -0.3 is 17.3 Å². The molecular formula is C14H14BF7S. The molecule has 0 N–H and O–H groups in total. The first-order chi connectivity index (χ1) is 10.6. The first kappa shape index (κ1) is 18.1. The van der Waals surface area contributed by atoms with E-state index < -0.39 is 23.2 Å². The maximum Gasteiger partial charge on any atom is 0.673 e. The van der Waals surface area contributed by atoms with Crippen molar-refractivity contribution >= 4 is 27.8 Å². The van der Waals surface area contributed by atoms with Gasteiger partial charge in [-0.25, -0.2) is 0 Å². The van der Waals surface area contributed by atoms with E-state index in [1.165, 1.54) is 0 Å². The monoisotopic (exact) mass is 358 g/mol. The molecule has 2 aromatic rings. The summed E-state index contributed by atoms with van der Waals surface area (Å²) in [5, 5.41) is 0.764. The SMILES string of the molecule is FC(F)(F)[s+]1c(C2CCCC2)cc2ccccc21.F[B-](F)(F)F. The van der Waals surface area contributed by atoms with Crippen LogP contribution in [0.4, 0.5) is 30.4 Å². The van der Waals surface area contributed by atoms with Crippen LogP contribution in [0.2, 0.25) is 0 Å². The Labute approximate surface area is 131 Å². The zero-order valence-electron chi connectivity index (χ0n) is 11.9. The number of hydrogen-bond donors (Lipinski definition) is 0. The molecule has 1 fully saturated rings. The molecule has 0 saturated heterocycles. The van der Waals surface area contributed by atoms with E-state index in [9.17, 15) is 30.4 Å². The van der Waals surface area contributed by atoms with E-state index in [1.54, 1.807) is 24.3 Å². The molecule has 0 nitrogen and oxygen atoms in total. The lowest BCUT2D eigenvalue weighted by Crippen LogP contribution is -2.02. The van der Waals surface area contributed by atoms with Crippen LogP contribution in [0.5, 0.6) is 0 Å². The van der Waals surface area contributed by atoms with E-state index in [2.05, 4.69) is 0 Å². The lowest BCUT2D eigenvalue weighted by molar-refractivity contribution is -0.0868. The van der Waals surface area contributed by atoms with E-state index in [-0.39, 0.29) is 5.92 Å². The molecule has 0 spiro atoms. The van der Waals surface area contributed by atoms with Crippen LogP contribution < -0.4 is 0 Å². The standard InChI is InChI=1S/C14H14F3S.BF4/c15-14(16,17)18-12-8-4-3-7-11(12)9-13(18)10-5-1-2-6-10;2-1(3,4)5/h3-4,7-10H,1-2,5-6H2;/q+1;-1. The van der Waals surface area contributed by atoms with E-state index in [0.717, 1.165) is 31.1 Å². The molecule has 1 aromatic heterocycles. The van der Waals surface area contributed by atoms with E-state index in [0.29, 0.717) is 9.58 Å². The van der Waals surface area contributed by atoms with Crippen LogP contribution in [0.1, 0.15) is 36.5 Å². The van der Waals surface area contributed by atoms with Gasteiger partial charge in [0.05, 0.1) is 10.5 Å². The maximum absolute atomic E-state index is 13.3. The highest BCUT2D eigenvalue weighted by Crippen LogP contribution is 2.55. The van der Waals surface area contributed by atoms with Gasteiger partial charge in [-0.2, -0.15) is 0 Å². The molecule has 0 aliphatic heterocycles. The fourth-order valence-corrected chi connectivity index (χ4v) is 5.04. The van der Waals surface area contributed by atoms with Crippen molar-refractivity contribution in [3.05, 3.63) is 35.2 Å². The van der Waals surface area contributed by atoms with Gasteiger partial charge in [0.15, 0.2) is 9.58 Å². The molecule has 0 bridgehead atoms. The molecule has 1 unspecified atom stereocenters. The molecule has 1 aromatic carbocycles. The summed E-state index contributed by atoms with van der Waals surface area (Å²) in [6, 6.07) is 8.73. The van der Waals surface area contributed by atoms with Crippen molar-refractivity contribution in [1.29, 1.82) is 0 Å². The van der Waals surface area contributed by atoms with Crippen molar-refractivity contribution in [2.75, 3.05) is 0 Å². The summed E-state index contributed by atoms with van der Waals surface area (Å²) in [6.07, 6.45) is 3.96. The van der Waals surface area contributed by atoms with Crippen molar-refractivity contribution in [3.63, 3.8) is 0 Å². The summed E-state index contributed by atoms with van der Waals surface area (Å²) in [6.45, 7) is 0. The van der Waals surface area contributed by atoms with Crippen LogP contribution in [0, 0.1) is 0 Å². The summed E-state index contributed by atoms with van der Waals surface area (Å²) in [7, 11) is -7.69. The highest BCUT2D eigenvalue weighted by atomic mass is 32.2. The molecule has 0 radical (unpaired) electrons. The third kappa shape index (κ3) is 4.86. The van der Waals surface area contributed by atoms with Crippen molar-refractivity contribution < 1.29 is 30.4 Å². The molecule has 1 atom stereocenters. The van der Waals surface area contributed by atoms with Gasteiger partial charge in [-0.1, -0.05) is 25.0 Å². The molecular weight excluding hydrogens is 344 g/mol. The van der Waals surface area contributed by atoms with Crippen LogP contribution in [-0.4, -0.2) is 7.25 Å². The second-order valence-corrected chi connectivity index (χ2v) is 7.30. The first-order valence-corrected chi connectivity index (χ1v) is 8.29. The summed E-state index contributed by atoms with van der Waals surface area (Å²) in [4.78, 5) is 0.626. The van der Waals surface area contributed by atoms with Gasteiger partial charge in [-0.3, -0.25) is 0 Å². The second kappa shape index (κ2) is 6.71. The maximum atomic E-state index is 13.3. The van der Waals surface area contributed by atoms with Crippen LogP contribution in [0.25, 0.3) is 10.1 Å². The molecule has 1 saturated carbocycles. The van der Waals surface area contributed by atoms with E-state index >= 15 is 0 Å². The summed E-state index contributed by atoms with van der Waals surface area (Å²) in [5.41, 5.74) is -4.14. The van der Waals surface area contributed by atoms with Crippen LogP contribution in [0.15, 0.2) is 30.3 Å². The second-order valence-electron chi connectivity index (χ2n) is 5.31. The topological polar surface area (TPSA) is 0 Å². The molecule has 1 aliphatic carbocycles. The zero-order chi connectivity index (χ0) is 17.3. The lowest BCUT2D eigenvalue weighted by Gasteiger charge is -2.05. The van der Waals surface area contributed by atoms with E-state index in [1.807, 2.05) is 6.07 Å². The van der Waals surface area contributed by atoms with Gasteiger partial charge in [0, 0.05) is 17.4 Å². The Hall–Kier alpha value is -1.25. The van der Waals surface area contributed by atoms with Gasteiger partial charge in [-0.05, 0) is 25.0 Å². The Morgan fingerprint density at radius 2 is 1.48 bits per heavy atom. The average molecular weight is 358 g/mol. The van der Waals surface area contributed by atoms with Crippen molar-refractivity contribution in [2.45, 2.75) is 37.1 Å². The predicted molar refractivity (Wildman–Crippen MR) is 79.1 cm³/mol. The highest BCUT2D eigenvalue weighted by molar-refractivity contribution is 7.38. The molecule has 3 rings (SSSR count). The molecule has 1 aliphatic rings. The quantitative estimate of drug-likeness (QED) is 0.292. The largest absolute Gasteiger partial charge is 0.673 e. The van der Waals surface area contributed by atoms with Gasteiger partial charge in [0.2, 0.25) is 0 Å². The predicted octanol–water partition coefficient (Wildman–Crippen LogP) is 7.02. The number of rotatable bonds is 1. The normalized spacial score (nSPS) is 17.3. The van der Waals surface area contributed by atoms with Gasteiger partial charge >= 0.3 is 12.8 Å². The fourth-order valence-electron chi connectivity index (χ4n) is 2.88. The van der Waals surface area contributed by atoms with Crippen LogP contribution in [0.3, 0.4) is 0 Å². The minimum Gasteiger partial charge on any atom is -0.418 e. The van der Waals surface area contributed by atoms with E-state index in [4.69, 9.17) is 0 Å². The van der Waals surface area contributed by atoms with Gasteiger partial charge in [-0.15, -0.1) is 13.2 Å². The molecule has 23 heavy (non-hydrogen) atoms. The van der Waals surface area contributed by atoms with Crippen LogP contribution >= 0.6 is 10.5 Å². The van der Waals surface area contributed by atoms with Crippen molar-refractivity contribution in [1.82, 2.24) is 0 Å². The third-order valence-electron chi connectivity index (χ3n) is 3.66. The zero-order valence-corrected chi connectivity index (χ0v) is 12.7. The summed E-state index contributed by atoms with van der Waals surface area (Å²) >= 11 is 0. The smallest absolute Gasteiger partial charge is 0.418 e. The number of thiophene rings is 1. The Morgan fingerprint density at radius 1 is 0.957 bits per heavy atom. The number of alkyl halides is 3. The fraction of sp³-hybridized carbons (Fsp3) is 0.429. The summed E-state index contributed by atoms with van der Waals surface area (Å²) in [5.74, 6) is 0.141. The van der Waals surface area contributed by atoms with Gasteiger partial charge in [0.1, 0.15) is 0 Å². The Balaban J connectivity index is 0.000000338. The molecule has 0 amide bonds. The number of fused-ring (bicyclic) bond motifs is 1. The Kier molecular flexibility index (Phi) is 5.28. The van der Waals surface area contributed by atoms with Gasteiger partial charge in [0.25, 0.3) is 0 Å². The van der Waals surface area contributed by atoms with Crippen molar-refractivity contribution in [2.24, 2.45) is 0 Å². The lowest BCUT2D eigenvalue weighted by atomic mass is 10.1. The molecule has 128 valence electrons. The minimum atomic E-state index is -6.00. The number of benzene rings is 1. The molecule has 1 heterocycles. The summed E-state index contributed by atoms with van der Waals surface area (Å²) < 4.78 is 79.4. The first-order valence-electron chi connectivity index (χ1n) is 7.06.